The lowest BCUT2D eigenvalue weighted by Gasteiger charge is -2.17. The number of anilines is 2. The third-order valence-corrected chi connectivity index (χ3v) is 4.47. The standard InChI is InChI=1S/C12H18N2O2S/c1-7-4-5-14(6-7)12-10(16-3)9(13)11(17-12)8(2)15/h7H,4-6,13H2,1-3H3. The van der Waals surface area contributed by atoms with E-state index in [4.69, 9.17) is 10.5 Å². The lowest BCUT2D eigenvalue weighted by Crippen LogP contribution is -2.18. The summed E-state index contributed by atoms with van der Waals surface area (Å²) in [6, 6.07) is 0. The maximum atomic E-state index is 11.5. The third-order valence-electron chi connectivity index (χ3n) is 3.12. The molecule has 1 atom stereocenters. The van der Waals surface area contributed by atoms with Gasteiger partial charge in [-0.25, -0.2) is 0 Å². The Hall–Kier alpha value is -1.23. The molecular formula is C12H18N2O2S. The lowest BCUT2D eigenvalue weighted by molar-refractivity contribution is 0.102. The number of ketones is 1. The maximum Gasteiger partial charge on any atom is 0.177 e. The molecule has 5 heteroatoms. The van der Waals surface area contributed by atoms with Gasteiger partial charge in [0.1, 0.15) is 5.00 Å². The van der Waals surface area contributed by atoms with Crippen molar-refractivity contribution in [3.05, 3.63) is 4.88 Å². The van der Waals surface area contributed by atoms with Gasteiger partial charge in [0.25, 0.3) is 0 Å². The molecule has 1 aromatic rings. The fraction of sp³-hybridized carbons (Fsp3) is 0.583. The second kappa shape index (κ2) is 4.56. The zero-order valence-corrected chi connectivity index (χ0v) is 11.3. The van der Waals surface area contributed by atoms with Gasteiger partial charge in [-0.05, 0) is 12.3 Å². The van der Waals surface area contributed by atoms with Crippen LogP contribution in [0.1, 0.15) is 29.9 Å². The quantitative estimate of drug-likeness (QED) is 0.841. The Labute approximate surface area is 105 Å². The molecule has 17 heavy (non-hydrogen) atoms. The summed E-state index contributed by atoms with van der Waals surface area (Å²) in [5.41, 5.74) is 6.44. The van der Waals surface area contributed by atoms with Crippen LogP contribution in [0.2, 0.25) is 0 Å². The molecule has 94 valence electrons. The maximum absolute atomic E-state index is 11.5. The highest BCUT2D eigenvalue weighted by atomic mass is 32.1. The van der Waals surface area contributed by atoms with Gasteiger partial charge >= 0.3 is 0 Å². The van der Waals surface area contributed by atoms with E-state index in [0.717, 1.165) is 18.1 Å². The van der Waals surface area contributed by atoms with E-state index < -0.39 is 0 Å². The first kappa shape index (κ1) is 12.2. The van der Waals surface area contributed by atoms with Crippen molar-refractivity contribution in [2.75, 3.05) is 30.8 Å². The number of nitrogens with zero attached hydrogens (tertiary/aromatic N) is 1. The second-order valence-corrected chi connectivity index (χ2v) is 5.58. The smallest absolute Gasteiger partial charge is 0.177 e. The molecule has 0 radical (unpaired) electrons. The van der Waals surface area contributed by atoms with E-state index >= 15 is 0 Å². The van der Waals surface area contributed by atoms with Crippen LogP contribution in [0.25, 0.3) is 0 Å². The highest BCUT2D eigenvalue weighted by Gasteiger charge is 2.27. The number of thiophene rings is 1. The summed E-state index contributed by atoms with van der Waals surface area (Å²) < 4.78 is 5.35. The molecular weight excluding hydrogens is 236 g/mol. The number of ether oxygens (including phenoxy) is 1. The Kier molecular flexibility index (Phi) is 3.28. The number of Topliss-reactive ketones (excluding diaryl/α,β-unsaturated/α-hetero) is 1. The number of nitrogens with two attached hydrogens (primary N) is 1. The van der Waals surface area contributed by atoms with E-state index in [9.17, 15) is 4.79 Å². The van der Waals surface area contributed by atoms with Crippen LogP contribution in [0.4, 0.5) is 10.7 Å². The van der Waals surface area contributed by atoms with Gasteiger partial charge in [0.2, 0.25) is 0 Å². The van der Waals surface area contributed by atoms with Crippen molar-refractivity contribution in [2.24, 2.45) is 5.92 Å². The molecule has 0 saturated carbocycles. The van der Waals surface area contributed by atoms with Crippen molar-refractivity contribution in [1.82, 2.24) is 0 Å². The fourth-order valence-corrected chi connectivity index (χ4v) is 3.32. The molecule has 0 amide bonds. The summed E-state index contributed by atoms with van der Waals surface area (Å²) in [4.78, 5) is 14.4. The summed E-state index contributed by atoms with van der Waals surface area (Å²) in [5, 5.41) is 1.000. The summed E-state index contributed by atoms with van der Waals surface area (Å²) in [6.45, 7) is 5.79. The Morgan fingerprint density at radius 2 is 2.29 bits per heavy atom. The van der Waals surface area contributed by atoms with E-state index in [1.807, 2.05) is 0 Å². The molecule has 0 bridgehead atoms. The van der Waals surface area contributed by atoms with Crippen molar-refractivity contribution >= 4 is 27.8 Å². The molecule has 1 aromatic heterocycles. The van der Waals surface area contributed by atoms with E-state index in [0.29, 0.717) is 22.2 Å². The van der Waals surface area contributed by atoms with Gasteiger partial charge in [-0.3, -0.25) is 4.79 Å². The van der Waals surface area contributed by atoms with Crippen molar-refractivity contribution in [1.29, 1.82) is 0 Å². The van der Waals surface area contributed by atoms with Crippen molar-refractivity contribution in [3.8, 4) is 5.75 Å². The van der Waals surface area contributed by atoms with Gasteiger partial charge in [0.05, 0.1) is 17.7 Å². The average molecular weight is 254 g/mol. The number of carbonyl (C=O) groups excluding carboxylic acids is 1. The molecule has 2 heterocycles. The van der Waals surface area contributed by atoms with Gasteiger partial charge in [0, 0.05) is 20.0 Å². The molecule has 2 N–H and O–H groups in total. The number of carbonyl (C=O) groups is 1. The molecule has 1 aliphatic heterocycles. The van der Waals surface area contributed by atoms with Gasteiger partial charge in [-0.15, -0.1) is 11.3 Å². The molecule has 0 aromatic carbocycles. The lowest BCUT2D eigenvalue weighted by atomic mass is 10.2. The first-order valence-electron chi connectivity index (χ1n) is 5.76. The third kappa shape index (κ3) is 2.11. The summed E-state index contributed by atoms with van der Waals surface area (Å²) in [5.74, 6) is 1.35. The monoisotopic (exact) mass is 254 g/mol. The largest absolute Gasteiger partial charge is 0.492 e. The topological polar surface area (TPSA) is 55.6 Å². The summed E-state index contributed by atoms with van der Waals surface area (Å²) in [6.07, 6.45) is 1.18. The van der Waals surface area contributed by atoms with Crippen LogP contribution in [0.5, 0.6) is 5.75 Å². The van der Waals surface area contributed by atoms with Crippen LogP contribution >= 0.6 is 11.3 Å². The molecule has 4 nitrogen and oxygen atoms in total. The first-order valence-corrected chi connectivity index (χ1v) is 6.58. The fourth-order valence-electron chi connectivity index (χ4n) is 2.20. The minimum atomic E-state index is 0.00398. The van der Waals surface area contributed by atoms with Crippen molar-refractivity contribution in [2.45, 2.75) is 20.3 Å². The molecule has 2 rings (SSSR count). The average Bonchev–Trinajstić information content (AvgIpc) is 2.82. The molecule has 1 fully saturated rings. The Morgan fingerprint density at radius 3 is 2.76 bits per heavy atom. The van der Waals surface area contributed by atoms with Gasteiger partial charge in [0.15, 0.2) is 11.5 Å². The number of hydrogen-bond acceptors (Lipinski definition) is 5. The minimum Gasteiger partial charge on any atom is -0.492 e. The number of rotatable bonds is 3. The van der Waals surface area contributed by atoms with Gasteiger partial charge < -0.3 is 15.4 Å². The van der Waals surface area contributed by atoms with Crippen molar-refractivity contribution < 1.29 is 9.53 Å². The zero-order chi connectivity index (χ0) is 12.6. The predicted octanol–water partition coefficient (Wildman–Crippen LogP) is 2.39. The van der Waals surface area contributed by atoms with Gasteiger partial charge in [-0.2, -0.15) is 0 Å². The number of methoxy groups -OCH3 is 1. The Balaban J connectivity index is 2.39. The van der Waals surface area contributed by atoms with Gasteiger partial charge in [-0.1, -0.05) is 6.92 Å². The van der Waals surface area contributed by atoms with Crippen LogP contribution in [0.15, 0.2) is 0 Å². The van der Waals surface area contributed by atoms with E-state index in [-0.39, 0.29) is 5.78 Å². The van der Waals surface area contributed by atoms with Crippen LogP contribution in [-0.2, 0) is 0 Å². The summed E-state index contributed by atoms with van der Waals surface area (Å²) >= 11 is 1.44. The van der Waals surface area contributed by atoms with E-state index in [1.165, 1.54) is 24.7 Å². The zero-order valence-electron chi connectivity index (χ0n) is 10.4. The molecule has 1 unspecified atom stereocenters. The second-order valence-electron chi connectivity index (χ2n) is 4.58. The van der Waals surface area contributed by atoms with Crippen LogP contribution in [0.3, 0.4) is 0 Å². The number of nitrogen functional groups attached to an aromatic ring is 1. The molecule has 0 spiro atoms. The van der Waals surface area contributed by atoms with Crippen LogP contribution < -0.4 is 15.4 Å². The SMILES string of the molecule is COc1c(N2CCC(C)C2)sc(C(C)=O)c1N. The Morgan fingerprint density at radius 1 is 1.59 bits per heavy atom. The summed E-state index contributed by atoms with van der Waals surface area (Å²) in [7, 11) is 1.60. The normalized spacial score (nSPS) is 19.7. The number of hydrogen-bond donors (Lipinski definition) is 1. The molecule has 1 saturated heterocycles. The highest BCUT2D eigenvalue weighted by Crippen LogP contribution is 2.46. The molecule has 0 aliphatic carbocycles. The predicted molar refractivity (Wildman–Crippen MR) is 71.3 cm³/mol. The van der Waals surface area contributed by atoms with Crippen LogP contribution in [-0.4, -0.2) is 26.0 Å². The van der Waals surface area contributed by atoms with E-state index in [1.54, 1.807) is 7.11 Å². The molecule has 1 aliphatic rings. The van der Waals surface area contributed by atoms with Crippen molar-refractivity contribution in [3.63, 3.8) is 0 Å². The minimum absolute atomic E-state index is 0.00398. The van der Waals surface area contributed by atoms with Crippen LogP contribution in [0, 0.1) is 5.92 Å². The Bertz CT molecular complexity index is 442. The van der Waals surface area contributed by atoms with E-state index in [2.05, 4.69) is 11.8 Å². The first-order chi connectivity index (χ1) is 8.04. The highest BCUT2D eigenvalue weighted by molar-refractivity contribution is 7.19.